The summed E-state index contributed by atoms with van der Waals surface area (Å²) in [7, 11) is 0. The van der Waals surface area contributed by atoms with Crippen LogP contribution in [0, 0.1) is 5.92 Å². The number of aromatic nitrogens is 2. The summed E-state index contributed by atoms with van der Waals surface area (Å²) in [5.74, 6) is 1.87. The van der Waals surface area contributed by atoms with Crippen LogP contribution in [0.15, 0.2) is 30.6 Å². The Hall–Kier alpha value is -1.55. The minimum Gasteiger partial charge on any atom is -0.357 e. The van der Waals surface area contributed by atoms with Crippen molar-refractivity contribution in [2.45, 2.75) is 6.42 Å². The molecule has 1 unspecified atom stereocenters. The molecule has 84 valence electrons. The van der Waals surface area contributed by atoms with Gasteiger partial charge in [-0.15, -0.1) is 0 Å². The monoisotopic (exact) mass is 216 g/mol. The van der Waals surface area contributed by atoms with Crippen molar-refractivity contribution in [1.29, 1.82) is 0 Å². The highest BCUT2D eigenvalue weighted by molar-refractivity contribution is 5.52. The standard InChI is InChI=1S/C12H16N4/c13-8-10-4-6-15(9-10)12-3-1-2-11-14-5-7-16(11)12/h1-3,5,7,10H,4,6,8-9,13H2. The van der Waals surface area contributed by atoms with Crippen molar-refractivity contribution < 1.29 is 0 Å². The van der Waals surface area contributed by atoms with E-state index in [0.717, 1.165) is 25.3 Å². The van der Waals surface area contributed by atoms with E-state index in [-0.39, 0.29) is 0 Å². The molecule has 1 fully saturated rings. The SMILES string of the molecule is NCC1CCN(c2cccc3nccn23)C1. The summed E-state index contributed by atoms with van der Waals surface area (Å²) in [6, 6.07) is 6.24. The predicted molar refractivity (Wildman–Crippen MR) is 64.6 cm³/mol. The van der Waals surface area contributed by atoms with Gasteiger partial charge in [-0.1, -0.05) is 6.07 Å². The van der Waals surface area contributed by atoms with E-state index in [1.165, 1.54) is 12.2 Å². The van der Waals surface area contributed by atoms with E-state index in [4.69, 9.17) is 5.73 Å². The Morgan fingerprint density at radius 2 is 2.38 bits per heavy atom. The third kappa shape index (κ3) is 1.46. The molecule has 1 atom stereocenters. The highest BCUT2D eigenvalue weighted by Crippen LogP contribution is 2.23. The molecule has 0 saturated carbocycles. The average molecular weight is 216 g/mol. The van der Waals surface area contributed by atoms with E-state index >= 15 is 0 Å². The van der Waals surface area contributed by atoms with Gasteiger partial charge >= 0.3 is 0 Å². The van der Waals surface area contributed by atoms with Crippen LogP contribution in [0.3, 0.4) is 0 Å². The fourth-order valence-electron chi connectivity index (χ4n) is 2.42. The van der Waals surface area contributed by atoms with E-state index < -0.39 is 0 Å². The summed E-state index contributed by atoms with van der Waals surface area (Å²) in [6.07, 6.45) is 5.05. The largest absolute Gasteiger partial charge is 0.357 e. The minimum atomic E-state index is 0.638. The minimum absolute atomic E-state index is 0.638. The molecule has 0 aliphatic carbocycles. The van der Waals surface area contributed by atoms with Crippen molar-refractivity contribution in [2.24, 2.45) is 11.7 Å². The van der Waals surface area contributed by atoms with E-state index in [1.54, 1.807) is 0 Å². The van der Waals surface area contributed by atoms with Gasteiger partial charge in [0.25, 0.3) is 0 Å². The number of imidazole rings is 1. The highest BCUT2D eigenvalue weighted by atomic mass is 15.2. The number of anilines is 1. The molecule has 0 spiro atoms. The third-order valence-electron chi connectivity index (χ3n) is 3.35. The Balaban J connectivity index is 1.97. The molecule has 16 heavy (non-hydrogen) atoms. The first-order valence-corrected chi connectivity index (χ1v) is 5.75. The second-order valence-corrected chi connectivity index (χ2v) is 4.38. The summed E-state index contributed by atoms with van der Waals surface area (Å²) >= 11 is 0. The number of rotatable bonds is 2. The number of hydrogen-bond acceptors (Lipinski definition) is 3. The Labute approximate surface area is 94.7 Å². The second-order valence-electron chi connectivity index (χ2n) is 4.38. The first-order valence-electron chi connectivity index (χ1n) is 5.75. The number of nitrogens with two attached hydrogens (primary N) is 1. The van der Waals surface area contributed by atoms with Crippen LogP contribution >= 0.6 is 0 Å². The molecule has 4 heteroatoms. The summed E-state index contributed by atoms with van der Waals surface area (Å²) in [5.41, 5.74) is 6.73. The van der Waals surface area contributed by atoms with Crippen LogP contribution in [-0.2, 0) is 0 Å². The number of pyridine rings is 1. The average Bonchev–Trinajstić information content (AvgIpc) is 2.97. The topological polar surface area (TPSA) is 46.6 Å². The maximum absolute atomic E-state index is 5.72. The van der Waals surface area contributed by atoms with Crippen molar-refractivity contribution in [3.05, 3.63) is 30.6 Å². The van der Waals surface area contributed by atoms with Crippen LogP contribution in [0.25, 0.3) is 5.65 Å². The first-order chi connectivity index (χ1) is 7.88. The summed E-state index contributed by atoms with van der Waals surface area (Å²) in [4.78, 5) is 6.70. The summed E-state index contributed by atoms with van der Waals surface area (Å²) in [5, 5.41) is 0. The molecule has 0 amide bonds. The zero-order valence-corrected chi connectivity index (χ0v) is 9.21. The van der Waals surface area contributed by atoms with Gasteiger partial charge in [-0.3, -0.25) is 4.40 Å². The van der Waals surface area contributed by atoms with Gasteiger partial charge in [-0.2, -0.15) is 0 Å². The second kappa shape index (κ2) is 3.79. The van der Waals surface area contributed by atoms with Crippen LogP contribution in [0.1, 0.15) is 6.42 Å². The first kappa shape index (κ1) is 9.66. The van der Waals surface area contributed by atoms with E-state index in [1.807, 2.05) is 18.5 Å². The lowest BCUT2D eigenvalue weighted by Crippen LogP contribution is -2.24. The maximum Gasteiger partial charge on any atom is 0.138 e. The maximum atomic E-state index is 5.72. The molecule has 2 aromatic heterocycles. The van der Waals surface area contributed by atoms with E-state index in [2.05, 4.69) is 26.4 Å². The Kier molecular flexibility index (Phi) is 2.29. The van der Waals surface area contributed by atoms with Gasteiger partial charge in [0.1, 0.15) is 11.5 Å². The zero-order chi connectivity index (χ0) is 11.0. The van der Waals surface area contributed by atoms with Crippen molar-refractivity contribution in [3.63, 3.8) is 0 Å². The molecule has 3 heterocycles. The van der Waals surface area contributed by atoms with Gasteiger partial charge in [-0.05, 0) is 31.0 Å². The number of nitrogens with zero attached hydrogens (tertiary/aromatic N) is 3. The fourth-order valence-corrected chi connectivity index (χ4v) is 2.42. The Morgan fingerprint density at radius 3 is 3.19 bits per heavy atom. The Morgan fingerprint density at radius 1 is 1.44 bits per heavy atom. The molecule has 0 radical (unpaired) electrons. The van der Waals surface area contributed by atoms with Gasteiger partial charge in [-0.25, -0.2) is 4.98 Å². The molecule has 0 bridgehead atoms. The van der Waals surface area contributed by atoms with Crippen LogP contribution in [-0.4, -0.2) is 29.0 Å². The summed E-state index contributed by atoms with van der Waals surface area (Å²) in [6.45, 7) is 2.95. The number of fused-ring (bicyclic) bond motifs is 1. The van der Waals surface area contributed by atoms with Crippen molar-refractivity contribution in [2.75, 3.05) is 24.5 Å². The molecule has 3 rings (SSSR count). The van der Waals surface area contributed by atoms with Gasteiger partial charge in [0.2, 0.25) is 0 Å². The van der Waals surface area contributed by atoms with E-state index in [0.29, 0.717) is 5.92 Å². The Bertz CT molecular complexity index is 490. The molecule has 4 nitrogen and oxygen atoms in total. The van der Waals surface area contributed by atoms with Gasteiger partial charge < -0.3 is 10.6 Å². The predicted octanol–water partition coefficient (Wildman–Crippen LogP) is 1.12. The van der Waals surface area contributed by atoms with Crippen LogP contribution < -0.4 is 10.6 Å². The molecule has 1 aliphatic rings. The quantitative estimate of drug-likeness (QED) is 0.818. The molecular weight excluding hydrogens is 200 g/mol. The fraction of sp³-hybridized carbons (Fsp3) is 0.417. The highest BCUT2D eigenvalue weighted by Gasteiger charge is 2.22. The lowest BCUT2D eigenvalue weighted by molar-refractivity contribution is 0.602. The van der Waals surface area contributed by atoms with E-state index in [9.17, 15) is 0 Å². The normalized spacial score (nSPS) is 20.8. The third-order valence-corrected chi connectivity index (χ3v) is 3.35. The van der Waals surface area contributed by atoms with Crippen LogP contribution in [0.5, 0.6) is 0 Å². The molecule has 2 aromatic rings. The van der Waals surface area contributed by atoms with Crippen LogP contribution in [0.2, 0.25) is 0 Å². The smallest absolute Gasteiger partial charge is 0.138 e. The zero-order valence-electron chi connectivity index (χ0n) is 9.21. The van der Waals surface area contributed by atoms with Crippen molar-refractivity contribution in [1.82, 2.24) is 9.38 Å². The van der Waals surface area contributed by atoms with Gasteiger partial charge in [0, 0.05) is 25.5 Å². The summed E-state index contributed by atoms with van der Waals surface area (Å²) < 4.78 is 2.14. The molecule has 0 aromatic carbocycles. The van der Waals surface area contributed by atoms with Gasteiger partial charge in [0.05, 0.1) is 0 Å². The van der Waals surface area contributed by atoms with Crippen molar-refractivity contribution >= 4 is 11.5 Å². The van der Waals surface area contributed by atoms with Gasteiger partial charge in [0.15, 0.2) is 0 Å². The lowest BCUT2D eigenvalue weighted by atomic mass is 10.1. The van der Waals surface area contributed by atoms with Crippen molar-refractivity contribution in [3.8, 4) is 0 Å². The number of hydrogen-bond donors (Lipinski definition) is 1. The molecule has 2 N–H and O–H groups in total. The lowest BCUT2D eigenvalue weighted by Gasteiger charge is -2.19. The van der Waals surface area contributed by atoms with Crippen LogP contribution in [0.4, 0.5) is 5.82 Å². The molecule has 1 saturated heterocycles. The molecular formula is C12H16N4. The molecule has 1 aliphatic heterocycles.